The van der Waals surface area contributed by atoms with E-state index in [1.807, 2.05) is 32.0 Å². The minimum absolute atomic E-state index is 0.322. The van der Waals surface area contributed by atoms with Crippen LogP contribution in [0.5, 0.6) is 0 Å². The van der Waals surface area contributed by atoms with Gasteiger partial charge in [-0.3, -0.25) is 4.90 Å². The van der Waals surface area contributed by atoms with E-state index in [1.54, 1.807) is 0 Å². The SMILES string of the molecule is CC[C@@H](O)CN(Cc1ccccc1)C[C@@H](O)CC. The first-order chi connectivity index (χ1) is 8.65. The van der Waals surface area contributed by atoms with Crippen LogP contribution in [0.2, 0.25) is 0 Å². The van der Waals surface area contributed by atoms with E-state index in [1.165, 1.54) is 5.56 Å². The molecule has 1 rings (SSSR count). The second-order valence-corrected chi connectivity index (χ2v) is 4.80. The monoisotopic (exact) mass is 251 g/mol. The van der Waals surface area contributed by atoms with Crippen LogP contribution in [-0.4, -0.2) is 40.4 Å². The highest BCUT2D eigenvalue weighted by atomic mass is 16.3. The van der Waals surface area contributed by atoms with E-state index in [4.69, 9.17) is 0 Å². The number of rotatable bonds is 8. The molecule has 3 heteroatoms. The molecule has 2 N–H and O–H groups in total. The van der Waals surface area contributed by atoms with E-state index in [9.17, 15) is 10.2 Å². The van der Waals surface area contributed by atoms with Crippen molar-refractivity contribution in [2.75, 3.05) is 13.1 Å². The van der Waals surface area contributed by atoms with E-state index in [2.05, 4.69) is 17.0 Å². The molecule has 0 fully saturated rings. The second-order valence-electron chi connectivity index (χ2n) is 4.80. The molecule has 0 spiro atoms. The fraction of sp³-hybridized carbons (Fsp3) is 0.600. The minimum Gasteiger partial charge on any atom is -0.392 e. The molecule has 0 amide bonds. The molecule has 0 bridgehead atoms. The van der Waals surface area contributed by atoms with E-state index in [-0.39, 0.29) is 12.2 Å². The molecule has 0 heterocycles. The standard InChI is InChI=1S/C15H25NO2/c1-3-14(17)11-16(12-15(18)4-2)10-13-8-6-5-7-9-13/h5-9,14-15,17-18H,3-4,10-12H2,1-2H3/t14-,15+. The Morgan fingerprint density at radius 3 is 1.89 bits per heavy atom. The highest BCUT2D eigenvalue weighted by Crippen LogP contribution is 2.08. The molecule has 0 unspecified atom stereocenters. The van der Waals surface area contributed by atoms with E-state index in [0.717, 1.165) is 19.4 Å². The number of nitrogens with zero attached hydrogens (tertiary/aromatic N) is 1. The van der Waals surface area contributed by atoms with Crippen molar-refractivity contribution in [3.05, 3.63) is 35.9 Å². The maximum atomic E-state index is 9.77. The number of benzene rings is 1. The molecule has 1 aromatic rings. The van der Waals surface area contributed by atoms with Crippen LogP contribution in [0.25, 0.3) is 0 Å². The number of hydrogen-bond acceptors (Lipinski definition) is 3. The summed E-state index contributed by atoms with van der Waals surface area (Å²) >= 11 is 0. The van der Waals surface area contributed by atoms with E-state index in [0.29, 0.717) is 13.1 Å². The molecule has 2 atom stereocenters. The summed E-state index contributed by atoms with van der Waals surface area (Å²) in [6.45, 7) is 5.95. The summed E-state index contributed by atoms with van der Waals surface area (Å²) in [6, 6.07) is 10.2. The maximum Gasteiger partial charge on any atom is 0.0664 e. The van der Waals surface area contributed by atoms with Crippen LogP contribution in [0.15, 0.2) is 30.3 Å². The van der Waals surface area contributed by atoms with Gasteiger partial charge in [0.25, 0.3) is 0 Å². The summed E-state index contributed by atoms with van der Waals surface area (Å²) in [5, 5.41) is 19.5. The molecule has 0 radical (unpaired) electrons. The Balaban J connectivity index is 2.59. The van der Waals surface area contributed by atoms with Crippen LogP contribution in [0.1, 0.15) is 32.3 Å². The first-order valence-corrected chi connectivity index (χ1v) is 6.78. The van der Waals surface area contributed by atoms with Gasteiger partial charge in [0, 0.05) is 19.6 Å². The van der Waals surface area contributed by atoms with Gasteiger partial charge in [0.15, 0.2) is 0 Å². The van der Waals surface area contributed by atoms with Gasteiger partial charge in [-0.1, -0.05) is 44.2 Å². The molecule has 0 aromatic heterocycles. The molecule has 1 aromatic carbocycles. The van der Waals surface area contributed by atoms with Crippen LogP contribution >= 0.6 is 0 Å². The van der Waals surface area contributed by atoms with Crippen LogP contribution in [-0.2, 0) is 6.54 Å². The summed E-state index contributed by atoms with van der Waals surface area (Å²) in [6.07, 6.45) is 0.844. The maximum absolute atomic E-state index is 9.77. The van der Waals surface area contributed by atoms with Crippen molar-refractivity contribution in [2.45, 2.75) is 45.4 Å². The average Bonchev–Trinajstić information content (AvgIpc) is 2.39. The van der Waals surface area contributed by atoms with Gasteiger partial charge in [-0.15, -0.1) is 0 Å². The molecule has 0 aliphatic rings. The summed E-state index contributed by atoms with van der Waals surface area (Å²) in [7, 11) is 0. The highest BCUT2D eigenvalue weighted by molar-refractivity contribution is 5.14. The number of aliphatic hydroxyl groups is 2. The van der Waals surface area contributed by atoms with Gasteiger partial charge in [-0.2, -0.15) is 0 Å². The third-order valence-electron chi connectivity index (χ3n) is 3.13. The summed E-state index contributed by atoms with van der Waals surface area (Å²) < 4.78 is 0. The third kappa shape index (κ3) is 5.63. The topological polar surface area (TPSA) is 43.7 Å². The normalized spacial score (nSPS) is 14.7. The number of hydrogen-bond donors (Lipinski definition) is 2. The Kier molecular flexibility index (Phi) is 6.94. The third-order valence-corrected chi connectivity index (χ3v) is 3.13. The largest absolute Gasteiger partial charge is 0.392 e. The lowest BCUT2D eigenvalue weighted by atomic mass is 10.1. The predicted octanol–water partition coefficient (Wildman–Crippen LogP) is 2.03. The van der Waals surface area contributed by atoms with Crippen molar-refractivity contribution in [1.82, 2.24) is 4.90 Å². The predicted molar refractivity (Wildman–Crippen MR) is 74.3 cm³/mol. The van der Waals surface area contributed by atoms with Crippen molar-refractivity contribution < 1.29 is 10.2 Å². The smallest absolute Gasteiger partial charge is 0.0664 e. The van der Waals surface area contributed by atoms with Crippen molar-refractivity contribution in [1.29, 1.82) is 0 Å². The van der Waals surface area contributed by atoms with Gasteiger partial charge < -0.3 is 10.2 Å². The second kappa shape index (κ2) is 8.25. The van der Waals surface area contributed by atoms with Crippen LogP contribution in [0, 0.1) is 0 Å². The number of aliphatic hydroxyl groups excluding tert-OH is 2. The van der Waals surface area contributed by atoms with Crippen LogP contribution in [0.3, 0.4) is 0 Å². The minimum atomic E-state index is -0.322. The first-order valence-electron chi connectivity index (χ1n) is 6.78. The molecule has 102 valence electrons. The van der Waals surface area contributed by atoms with Crippen molar-refractivity contribution in [3.8, 4) is 0 Å². The Morgan fingerprint density at radius 2 is 1.44 bits per heavy atom. The van der Waals surface area contributed by atoms with Gasteiger partial charge in [0.1, 0.15) is 0 Å². The summed E-state index contributed by atoms with van der Waals surface area (Å²) in [5.74, 6) is 0. The van der Waals surface area contributed by atoms with Crippen LogP contribution < -0.4 is 0 Å². The molecule has 0 saturated carbocycles. The lowest BCUT2D eigenvalue weighted by Gasteiger charge is -2.26. The zero-order valence-electron chi connectivity index (χ0n) is 11.4. The summed E-state index contributed by atoms with van der Waals surface area (Å²) in [4.78, 5) is 2.12. The van der Waals surface area contributed by atoms with Crippen LogP contribution in [0.4, 0.5) is 0 Å². The zero-order chi connectivity index (χ0) is 13.4. The fourth-order valence-electron chi connectivity index (χ4n) is 1.90. The van der Waals surface area contributed by atoms with E-state index < -0.39 is 0 Å². The van der Waals surface area contributed by atoms with Gasteiger partial charge >= 0.3 is 0 Å². The molecule has 0 aliphatic carbocycles. The van der Waals surface area contributed by atoms with Gasteiger partial charge in [-0.25, -0.2) is 0 Å². The van der Waals surface area contributed by atoms with Crippen molar-refractivity contribution >= 4 is 0 Å². The van der Waals surface area contributed by atoms with Crippen molar-refractivity contribution in [3.63, 3.8) is 0 Å². The Morgan fingerprint density at radius 1 is 0.944 bits per heavy atom. The Labute approximate surface area is 110 Å². The molecular weight excluding hydrogens is 226 g/mol. The van der Waals surface area contributed by atoms with E-state index >= 15 is 0 Å². The van der Waals surface area contributed by atoms with Crippen molar-refractivity contribution in [2.24, 2.45) is 0 Å². The average molecular weight is 251 g/mol. The van der Waals surface area contributed by atoms with Gasteiger partial charge in [-0.05, 0) is 18.4 Å². The van der Waals surface area contributed by atoms with Gasteiger partial charge in [0.2, 0.25) is 0 Å². The zero-order valence-corrected chi connectivity index (χ0v) is 11.4. The molecule has 3 nitrogen and oxygen atoms in total. The highest BCUT2D eigenvalue weighted by Gasteiger charge is 2.14. The lowest BCUT2D eigenvalue weighted by molar-refractivity contribution is 0.0624. The molecule has 18 heavy (non-hydrogen) atoms. The molecule has 0 aliphatic heterocycles. The summed E-state index contributed by atoms with van der Waals surface area (Å²) in [5.41, 5.74) is 1.21. The quantitative estimate of drug-likeness (QED) is 0.743. The van der Waals surface area contributed by atoms with Gasteiger partial charge in [0.05, 0.1) is 12.2 Å². The first kappa shape index (κ1) is 15.2. The molecular formula is C15H25NO2. The Bertz CT molecular complexity index is 304. The fourth-order valence-corrected chi connectivity index (χ4v) is 1.90. The molecule has 0 saturated heterocycles. The lowest BCUT2D eigenvalue weighted by Crippen LogP contribution is -2.37. The Hall–Kier alpha value is -0.900.